The highest BCUT2D eigenvalue weighted by Gasteiger charge is 2.40. The fourth-order valence-corrected chi connectivity index (χ4v) is 5.93. The van der Waals surface area contributed by atoms with Crippen molar-refractivity contribution in [2.24, 2.45) is 0 Å². The van der Waals surface area contributed by atoms with Crippen LogP contribution in [-0.4, -0.2) is 76.5 Å². The fourth-order valence-electron chi connectivity index (χ4n) is 5.17. The molecule has 2 bridgehead atoms. The van der Waals surface area contributed by atoms with Gasteiger partial charge in [0.2, 0.25) is 11.8 Å². The van der Waals surface area contributed by atoms with Crippen LogP contribution < -0.4 is 15.4 Å². The number of fused-ring (bicyclic) bond motifs is 4. The number of nitrogens with one attached hydrogen (secondary N) is 2. The summed E-state index contributed by atoms with van der Waals surface area (Å²) in [4.78, 5) is 28.2. The first kappa shape index (κ1) is 23.5. The van der Waals surface area contributed by atoms with E-state index in [2.05, 4.69) is 30.5 Å². The monoisotopic (exact) mass is 510 g/mol. The molecule has 0 unspecified atom stereocenters. The van der Waals surface area contributed by atoms with Crippen molar-refractivity contribution in [3.05, 3.63) is 47.5 Å². The molecule has 3 aromatic rings. The number of ether oxygens (including phenoxy) is 2. The number of nitrogens with zero attached hydrogens (tertiary/aromatic N) is 4. The van der Waals surface area contributed by atoms with Gasteiger partial charge in [-0.1, -0.05) is 0 Å². The molecule has 11 heteroatoms. The lowest BCUT2D eigenvalue weighted by atomic mass is 10.1. The molecule has 2 saturated heterocycles. The van der Waals surface area contributed by atoms with Gasteiger partial charge in [0.05, 0.1) is 52.9 Å². The molecule has 0 aliphatic carbocycles. The van der Waals surface area contributed by atoms with Crippen molar-refractivity contribution in [3.8, 4) is 5.88 Å². The Hall–Kier alpha value is -2.86. The van der Waals surface area contributed by atoms with Crippen LogP contribution >= 0.6 is 11.8 Å². The molecule has 2 N–H and O–H groups in total. The van der Waals surface area contributed by atoms with Gasteiger partial charge < -0.3 is 20.1 Å². The van der Waals surface area contributed by atoms with E-state index < -0.39 is 0 Å². The Kier molecular flexibility index (Phi) is 6.46. The van der Waals surface area contributed by atoms with Gasteiger partial charge in [0, 0.05) is 43.9 Å². The molecule has 0 radical (unpaired) electrons. The lowest BCUT2D eigenvalue weighted by Gasteiger charge is -2.33. The largest absolute Gasteiger partial charge is 0.481 e. The van der Waals surface area contributed by atoms with E-state index >= 15 is 0 Å². The van der Waals surface area contributed by atoms with E-state index in [0.29, 0.717) is 53.6 Å². The van der Waals surface area contributed by atoms with E-state index in [1.807, 2.05) is 12.1 Å². The number of hydrogen-bond donors (Lipinski definition) is 2. The van der Waals surface area contributed by atoms with E-state index in [9.17, 15) is 9.18 Å². The number of anilines is 1. The first-order valence-electron chi connectivity index (χ1n) is 12.1. The zero-order valence-electron chi connectivity index (χ0n) is 19.9. The predicted octanol–water partition coefficient (Wildman–Crippen LogP) is 2.39. The van der Waals surface area contributed by atoms with Crippen LogP contribution in [0.25, 0.3) is 11.0 Å². The van der Waals surface area contributed by atoms with Crippen LogP contribution in [0, 0.1) is 5.82 Å². The molecular formula is C25H27FN6O3S. The molecule has 0 aromatic carbocycles. The molecule has 3 atom stereocenters. The minimum atomic E-state index is -0.342. The van der Waals surface area contributed by atoms with Crippen molar-refractivity contribution < 1.29 is 18.7 Å². The molecule has 3 aliphatic heterocycles. The van der Waals surface area contributed by atoms with Crippen molar-refractivity contribution >= 4 is 34.5 Å². The van der Waals surface area contributed by atoms with E-state index in [1.54, 1.807) is 19.2 Å². The minimum Gasteiger partial charge on any atom is -0.481 e. The molecular weight excluding hydrogens is 483 g/mol. The lowest BCUT2D eigenvalue weighted by molar-refractivity contribution is -0.113. The van der Waals surface area contributed by atoms with Crippen molar-refractivity contribution in [2.75, 3.05) is 37.8 Å². The number of thioether (sulfide) groups is 1. The van der Waals surface area contributed by atoms with Gasteiger partial charge in [-0.2, -0.15) is 0 Å². The Labute approximate surface area is 212 Å². The van der Waals surface area contributed by atoms with Gasteiger partial charge in [-0.15, -0.1) is 11.8 Å². The van der Waals surface area contributed by atoms with E-state index in [-0.39, 0.29) is 30.0 Å². The molecule has 2 fully saturated rings. The van der Waals surface area contributed by atoms with Crippen LogP contribution in [0.5, 0.6) is 5.88 Å². The lowest BCUT2D eigenvalue weighted by Crippen LogP contribution is -2.47. The Balaban J connectivity index is 1.08. The number of carbonyl (C=O) groups is 1. The second kappa shape index (κ2) is 9.89. The maximum absolute atomic E-state index is 14.7. The van der Waals surface area contributed by atoms with E-state index in [1.165, 1.54) is 18.0 Å². The maximum Gasteiger partial charge on any atom is 0.235 e. The maximum atomic E-state index is 14.7. The summed E-state index contributed by atoms with van der Waals surface area (Å²) >= 11 is 1.51. The number of rotatable bonds is 7. The number of pyridine rings is 3. The van der Waals surface area contributed by atoms with Gasteiger partial charge >= 0.3 is 0 Å². The molecule has 3 aliphatic rings. The number of methoxy groups -OCH3 is 1. The average Bonchev–Trinajstić information content (AvgIpc) is 3.18. The third-order valence-electron chi connectivity index (χ3n) is 6.94. The van der Waals surface area contributed by atoms with Gasteiger partial charge in [0.15, 0.2) is 0 Å². The van der Waals surface area contributed by atoms with E-state index in [4.69, 9.17) is 9.47 Å². The van der Waals surface area contributed by atoms with Crippen LogP contribution in [-0.2, 0) is 22.5 Å². The van der Waals surface area contributed by atoms with Gasteiger partial charge in [-0.05, 0) is 31.0 Å². The summed E-state index contributed by atoms with van der Waals surface area (Å²) in [5.74, 6) is 1.17. The van der Waals surface area contributed by atoms with Gasteiger partial charge in [0.1, 0.15) is 11.6 Å². The van der Waals surface area contributed by atoms with Crippen LogP contribution in [0.4, 0.5) is 10.2 Å². The van der Waals surface area contributed by atoms with Gasteiger partial charge in [-0.25, -0.2) is 14.4 Å². The smallest absolute Gasteiger partial charge is 0.235 e. The molecule has 6 rings (SSSR count). The highest BCUT2D eigenvalue weighted by atomic mass is 32.2. The summed E-state index contributed by atoms with van der Waals surface area (Å²) in [7, 11) is 1.55. The summed E-state index contributed by atoms with van der Waals surface area (Å²) in [6.07, 6.45) is 2.93. The summed E-state index contributed by atoms with van der Waals surface area (Å²) in [5, 5.41) is 6.45. The summed E-state index contributed by atoms with van der Waals surface area (Å²) in [6.45, 7) is 2.91. The third-order valence-corrected chi connectivity index (χ3v) is 7.98. The normalized spacial score (nSPS) is 23.5. The molecule has 6 heterocycles. The summed E-state index contributed by atoms with van der Waals surface area (Å²) in [5.41, 5.74) is 2.67. The predicted molar refractivity (Wildman–Crippen MR) is 134 cm³/mol. The van der Waals surface area contributed by atoms with Crippen LogP contribution in [0.3, 0.4) is 0 Å². The number of hydrogen-bond acceptors (Lipinski definition) is 9. The summed E-state index contributed by atoms with van der Waals surface area (Å²) < 4.78 is 26.1. The van der Waals surface area contributed by atoms with Crippen molar-refractivity contribution in [3.63, 3.8) is 0 Å². The first-order valence-corrected chi connectivity index (χ1v) is 13.1. The van der Waals surface area contributed by atoms with Crippen molar-refractivity contribution in [2.45, 2.75) is 42.5 Å². The van der Waals surface area contributed by atoms with Crippen molar-refractivity contribution in [1.29, 1.82) is 0 Å². The second-order valence-electron chi connectivity index (χ2n) is 9.32. The topological polar surface area (TPSA) is 102 Å². The molecule has 0 spiro atoms. The standard InChI is InChI=1S/C25H27FN6O3S/c1-34-23-5-3-18-24(31-23)16(17(26)10-28-18)6-7-32-11-15-8-19(20(12-32)35-15)27-9-14-2-4-21-25(29-14)30-22(33)13-36-21/h2-5,10,15,19-20,27H,6-9,11-13H2,1H3,(H,29,30,33)/t15-,19-,20+/m1/s1. The Morgan fingerprint density at radius 2 is 2.19 bits per heavy atom. The van der Waals surface area contributed by atoms with Gasteiger partial charge in [0.25, 0.3) is 0 Å². The molecule has 188 valence electrons. The van der Waals surface area contributed by atoms with Crippen LogP contribution in [0.15, 0.2) is 35.4 Å². The molecule has 3 aromatic heterocycles. The van der Waals surface area contributed by atoms with Crippen LogP contribution in [0.2, 0.25) is 0 Å². The number of amides is 1. The highest BCUT2D eigenvalue weighted by molar-refractivity contribution is 8.00. The number of halogens is 1. The Morgan fingerprint density at radius 3 is 3.08 bits per heavy atom. The summed E-state index contributed by atoms with van der Waals surface area (Å²) in [6, 6.07) is 7.77. The second-order valence-corrected chi connectivity index (χ2v) is 10.3. The average molecular weight is 511 g/mol. The van der Waals surface area contributed by atoms with Crippen molar-refractivity contribution in [1.82, 2.24) is 25.2 Å². The first-order chi connectivity index (χ1) is 17.6. The molecule has 36 heavy (non-hydrogen) atoms. The number of aromatic nitrogens is 3. The Morgan fingerprint density at radius 1 is 1.28 bits per heavy atom. The van der Waals surface area contributed by atoms with E-state index in [0.717, 1.165) is 30.1 Å². The number of likely N-dealkylation sites (tertiary alicyclic amines) is 1. The minimum absolute atomic E-state index is 0.0160. The fraction of sp³-hybridized carbons (Fsp3) is 0.440. The number of carbonyl (C=O) groups excluding carboxylic acids is 1. The molecule has 9 nitrogen and oxygen atoms in total. The highest BCUT2D eigenvalue weighted by Crippen LogP contribution is 2.31. The molecule has 0 saturated carbocycles. The van der Waals surface area contributed by atoms with Gasteiger partial charge in [-0.3, -0.25) is 14.7 Å². The molecule has 1 amide bonds. The SMILES string of the molecule is COc1ccc2ncc(F)c(CCN3C[C@H]4C[C@@H](NCc5ccc6c(n5)NC(=O)CS6)[C@H](C3)O4)c2n1. The quantitative estimate of drug-likeness (QED) is 0.496. The third kappa shape index (κ3) is 4.75. The number of morpholine rings is 1. The zero-order valence-corrected chi connectivity index (χ0v) is 20.7. The Bertz CT molecular complexity index is 1310. The van der Waals surface area contributed by atoms with Crippen LogP contribution in [0.1, 0.15) is 17.7 Å². The zero-order chi connectivity index (χ0) is 24.6.